The van der Waals surface area contributed by atoms with Gasteiger partial charge in [0.15, 0.2) is 0 Å². The van der Waals surface area contributed by atoms with Gasteiger partial charge in [-0.05, 0) is 44.9 Å². The molecule has 0 radical (unpaired) electrons. The molecule has 1 aromatic carbocycles. The lowest BCUT2D eigenvalue weighted by molar-refractivity contribution is -0.384. The van der Waals surface area contributed by atoms with Crippen molar-refractivity contribution in [2.24, 2.45) is 0 Å². The number of rotatable bonds is 6. The predicted octanol–water partition coefficient (Wildman–Crippen LogP) is 3.43. The third-order valence-corrected chi connectivity index (χ3v) is 5.69. The van der Waals surface area contributed by atoms with Gasteiger partial charge in [0.2, 0.25) is 5.95 Å². The fraction of sp³-hybridized carbons (Fsp3) is 0.409. The minimum atomic E-state index is -0.454. The number of nitro benzene ring substituents is 1. The summed E-state index contributed by atoms with van der Waals surface area (Å²) in [4.78, 5) is 33.5. The van der Waals surface area contributed by atoms with Crippen molar-refractivity contribution < 1.29 is 19.6 Å². The molecule has 33 heavy (non-hydrogen) atoms. The number of aromatic nitrogens is 3. The number of non-ortho nitro benzene ring substituents is 1. The number of fused-ring (bicyclic) bond motifs is 1. The van der Waals surface area contributed by atoms with Crippen LogP contribution in [0.3, 0.4) is 0 Å². The van der Waals surface area contributed by atoms with E-state index in [1.54, 1.807) is 30.0 Å². The minimum absolute atomic E-state index is 0.0435. The summed E-state index contributed by atoms with van der Waals surface area (Å²) in [6, 6.07) is 7.90. The average Bonchev–Trinajstić information content (AvgIpc) is 3.13. The Morgan fingerprint density at radius 3 is 2.73 bits per heavy atom. The zero-order valence-corrected chi connectivity index (χ0v) is 18.5. The zero-order valence-electron chi connectivity index (χ0n) is 18.5. The van der Waals surface area contributed by atoms with Gasteiger partial charge in [0.25, 0.3) is 5.69 Å². The van der Waals surface area contributed by atoms with Gasteiger partial charge in [0.05, 0.1) is 29.1 Å². The van der Waals surface area contributed by atoms with E-state index in [0.717, 1.165) is 5.69 Å². The van der Waals surface area contributed by atoms with E-state index in [0.29, 0.717) is 55.2 Å². The zero-order chi connectivity index (χ0) is 23.5. The number of likely N-dealkylation sites (tertiary alicyclic amines) is 1. The highest BCUT2D eigenvalue weighted by Gasteiger charge is 2.25. The number of nitrogens with one attached hydrogen (secondary N) is 1. The molecule has 0 saturated carbocycles. The highest BCUT2D eigenvalue weighted by Crippen LogP contribution is 2.28. The van der Waals surface area contributed by atoms with E-state index in [4.69, 9.17) is 4.74 Å². The number of aromatic hydroxyl groups is 1. The first-order chi connectivity index (χ1) is 15.9. The van der Waals surface area contributed by atoms with Gasteiger partial charge in [0.1, 0.15) is 11.4 Å². The summed E-state index contributed by atoms with van der Waals surface area (Å²) in [5.41, 5.74) is 2.37. The number of piperidine rings is 1. The molecule has 2 aromatic heterocycles. The van der Waals surface area contributed by atoms with Crippen LogP contribution in [0.25, 0.3) is 11.0 Å². The molecule has 0 aliphatic carbocycles. The number of ether oxygens (including phenoxy) is 1. The molecule has 4 rings (SSSR count). The van der Waals surface area contributed by atoms with Crippen molar-refractivity contribution >= 4 is 28.8 Å². The van der Waals surface area contributed by atoms with Crippen molar-refractivity contribution in [3.8, 4) is 5.75 Å². The Kier molecular flexibility index (Phi) is 6.29. The van der Waals surface area contributed by atoms with E-state index in [2.05, 4.69) is 15.3 Å². The number of pyridine rings is 1. The van der Waals surface area contributed by atoms with Crippen LogP contribution in [-0.4, -0.2) is 61.3 Å². The number of aryl methyl sites for hydroxylation is 1. The highest BCUT2D eigenvalue weighted by molar-refractivity contribution is 5.81. The number of amides is 1. The predicted molar refractivity (Wildman–Crippen MR) is 121 cm³/mol. The lowest BCUT2D eigenvalue weighted by atomic mass is 10.1. The first-order valence-electron chi connectivity index (χ1n) is 10.8. The van der Waals surface area contributed by atoms with Crippen LogP contribution in [0, 0.1) is 17.0 Å². The average molecular weight is 454 g/mol. The molecule has 174 valence electrons. The number of hydrogen-bond acceptors (Lipinski definition) is 8. The molecule has 1 aliphatic heterocycles. The molecular weight excluding hydrogens is 428 g/mol. The van der Waals surface area contributed by atoms with Crippen molar-refractivity contribution in [1.29, 1.82) is 0 Å². The van der Waals surface area contributed by atoms with Gasteiger partial charge in [0, 0.05) is 37.0 Å². The fourth-order valence-electron chi connectivity index (χ4n) is 3.97. The normalized spacial score (nSPS) is 14.4. The molecule has 11 nitrogen and oxygen atoms in total. The van der Waals surface area contributed by atoms with Crippen LogP contribution in [0.5, 0.6) is 5.75 Å². The Morgan fingerprint density at radius 1 is 1.27 bits per heavy atom. The SMILES string of the molecule is CCOC(=O)N1CCC(Nc2nc3cc([N+](=O)[O-])ccc3n2Cc2nc(C)ccc2O)CC1. The first kappa shape index (κ1) is 22.3. The van der Waals surface area contributed by atoms with Gasteiger partial charge in [-0.15, -0.1) is 0 Å². The molecule has 1 saturated heterocycles. The van der Waals surface area contributed by atoms with E-state index in [9.17, 15) is 20.0 Å². The van der Waals surface area contributed by atoms with Crippen LogP contribution >= 0.6 is 0 Å². The lowest BCUT2D eigenvalue weighted by Crippen LogP contribution is -2.42. The van der Waals surface area contributed by atoms with Crippen LogP contribution in [0.1, 0.15) is 31.2 Å². The highest BCUT2D eigenvalue weighted by atomic mass is 16.6. The second kappa shape index (κ2) is 9.31. The molecule has 1 aliphatic rings. The molecule has 1 fully saturated rings. The second-order valence-electron chi connectivity index (χ2n) is 7.97. The van der Waals surface area contributed by atoms with Crippen LogP contribution in [0.4, 0.5) is 16.4 Å². The second-order valence-corrected chi connectivity index (χ2v) is 7.97. The molecular formula is C22H26N6O5. The van der Waals surface area contributed by atoms with Crippen molar-refractivity contribution in [3.05, 3.63) is 51.8 Å². The maximum absolute atomic E-state index is 12.0. The Bertz CT molecular complexity index is 1190. The number of carbonyl (C=O) groups is 1. The van der Waals surface area contributed by atoms with E-state index < -0.39 is 4.92 Å². The van der Waals surface area contributed by atoms with E-state index in [1.807, 2.05) is 11.5 Å². The number of carbonyl (C=O) groups excluding carboxylic acids is 1. The smallest absolute Gasteiger partial charge is 0.409 e. The van der Waals surface area contributed by atoms with Gasteiger partial charge >= 0.3 is 6.09 Å². The number of nitro groups is 1. The van der Waals surface area contributed by atoms with Crippen LogP contribution in [0.15, 0.2) is 30.3 Å². The third-order valence-electron chi connectivity index (χ3n) is 5.69. The number of hydrogen-bond donors (Lipinski definition) is 2. The minimum Gasteiger partial charge on any atom is -0.506 e. The van der Waals surface area contributed by atoms with E-state index >= 15 is 0 Å². The molecule has 0 bridgehead atoms. The molecule has 1 amide bonds. The fourth-order valence-corrected chi connectivity index (χ4v) is 3.97. The Labute approximate surface area is 190 Å². The van der Waals surface area contributed by atoms with E-state index in [-0.39, 0.29) is 30.1 Å². The van der Waals surface area contributed by atoms with Crippen LogP contribution in [0.2, 0.25) is 0 Å². The summed E-state index contributed by atoms with van der Waals surface area (Å²) in [7, 11) is 0. The third kappa shape index (κ3) is 4.81. The van der Waals surface area contributed by atoms with Crippen molar-refractivity contribution in [2.45, 2.75) is 39.3 Å². The number of benzene rings is 1. The quantitative estimate of drug-likeness (QED) is 0.427. The summed E-state index contributed by atoms with van der Waals surface area (Å²) in [6.45, 7) is 5.32. The molecule has 0 atom stereocenters. The summed E-state index contributed by atoms with van der Waals surface area (Å²) in [5.74, 6) is 0.598. The monoisotopic (exact) mass is 454 g/mol. The molecule has 0 unspecified atom stereocenters. The first-order valence-corrected chi connectivity index (χ1v) is 10.8. The largest absolute Gasteiger partial charge is 0.506 e. The van der Waals surface area contributed by atoms with Crippen LogP contribution < -0.4 is 5.32 Å². The Morgan fingerprint density at radius 2 is 2.03 bits per heavy atom. The summed E-state index contributed by atoms with van der Waals surface area (Å²) < 4.78 is 6.94. The summed E-state index contributed by atoms with van der Waals surface area (Å²) in [5, 5.41) is 25.0. The summed E-state index contributed by atoms with van der Waals surface area (Å²) in [6.07, 6.45) is 1.10. The standard InChI is InChI=1S/C22H26N6O5/c1-3-33-22(30)26-10-8-15(9-11-26)24-21-25-17-12-16(28(31)32)5-6-19(17)27(21)13-18-20(29)7-4-14(2)23-18/h4-7,12,15,29H,3,8-11,13H2,1-2H3,(H,24,25). The summed E-state index contributed by atoms with van der Waals surface area (Å²) >= 11 is 0. The molecule has 11 heteroatoms. The molecule has 3 heterocycles. The Balaban J connectivity index is 1.62. The van der Waals surface area contributed by atoms with Crippen molar-refractivity contribution in [1.82, 2.24) is 19.4 Å². The van der Waals surface area contributed by atoms with Gasteiger partial charge < -0.3 is 24.6 Å². The lowest BCUT2D eigenvalue weighted by Gasteiger charge is -2.31. The number of nitrogens with zero attached hydrogens (tertiary/aromatic N) is 5. The van der Waals surface area contributed by atoms with Gasteiger partial charge in [-0.3, -0.25) is 15.1 Å². The van der Waals surface area contributed by atoms with Crippen molar-refractivity contribution in [3.63, 3.8) is 0 Å². The number of anilines is 1. The number of imidazole rings is 1. The van der Waals surface area contributed by atoms with Crippen LogP contribution in [-0.2, 0) is 11.3 Å². The van der Waals surface area contributed by atoms with Gasteiger partial charge in [-0.25, -0.2) is 9.78 Å². The topological polar surface area (TPSA) is 136 Å². The van der Waals surface area contributed by atoms with Crippen molar-refractivity contribution in [2.75, 3.05) is 25.0 Å². The molecule has 2 N–H and O–H groups in total. The maximum atomic E-state index is 12.0. The molecule has 3 aromatic rings. The van der Waals surface area contributed by atoms with Gasteiger partial charge in [-0.2, -0.15) is 0 Å². The van der Waals surface area contributed by atoms with Gasteiger partial charge in [-0.1, -0.05) is 0 Å². The molecule has 0 spiro atoms. The maximum Gasteiger partial charge on any atom is 0.409 e. The Hall–Kier alpha value is -3.89. The van der Waals surface area contributed by atoms with E-state index in [1.165, 1.54) is 12.1 Å².